The number of furan rings is 1. The molecule has 3 amide bonds. The number of ketones is 1. The maximum Gasteiger partial charge on any atom is 0.326 e. The third kappa shape index (κ3) is 45.9. The number of Topliss-reactive ketones (excluding diaryl/α,β-unsaturated/α-hetero) is 1. The Kier molecular flexibility index (Phi) is 49.7. The number of nitrogens with one attached hydrogen (secondary N) is 4. The molecule has 3 aromatic rings. The second-order valence-corrected chi connectivity index (χ2v) is 19.8. The molecule has 574 valence electrons. The summed E-state index contributed by atoms with van der Waals surface area (Å²) in [5.41, 5.74) is 19.6. The number of aliphatic imine (C=N–C) groups is 1. The largest absolute Gasteiger partial charge is 0.480 e. The van der Waals surface area contributed by atoms with Crippen LogP contribution >= 0.6 is 0 Å². The van der Waals surface area contributed by atoms with Crippen LogP contribution in [-0.2, 0) is 50.7 Å². The smallest absolute Gasteiger partial charge is 0.326 e. The number of nitrogens with two attached hydrogens (primary N) is 2. The van der Waals surface area contributed by atoms with Gasteiger partial charge in [-0.3, -0.25) is 24.2 Å². The minimum Gasteiger partial charge on any atom is -0.480 e. The highest BCUT2D eigenvalue weighted by Crippen LogP contribution is 2.25. The van der Waals surface area contributed by atoms with Crippen LogP contribution in [0.15, 0.2) is 102 Å². The van der Waals surface area contributed by atoms with Crippen LogP contribution in [0.3, 0.4) is 0 Å². The molecule has 0 spiro atoms. The zero-order valence-corrected chi connectivity index (χ0v) is 57.5. The number of benzene rings is 2. The molecule has 0 fully saturated rings. The molecule has 0 saturated carbocycles. The number of carboxylic acid groups (broad SMARTS) is 1. The minimum atomic E-state index is -1.19. The lowest BCUT2D eigenvalue weighted by molar-refractivity contribution is -0.741. The lowest BCUT2D eigenvalue weighted by Gasteiger charge is -2.28. The Balaban J connectivity index is -0.0000000599. The first-order chi connectivity index (χ1) is 51.4. The van der Waals surface area contributed by atoms with Crippen molar-refractivity contribution in [1.29, 1.82) is 5.53 Å². The molecule has 27 nitrogen and oxygen atoms in total. The third-order valence-electron chi connectivity index (χ3n) is 11.9. The Morgan fingerprint density at radius 3 is 1.55 bits per heavy atom. The minimum absolute atomic E-state index is 0. The number of aliphatic carboxylic acids is 1. The molecule has 0 saturated heterocycles. The van der Waals surface area contributed by atoms with E-state index in [9.17, 15) is 29.1 Å². The number of nitrogens with zero attached hydrogens (tertiary/aromatic N) is 7. The first kappa shape index (κ1) is 88.5. The molecular formula is C79H109N13O14. The number of carbonyl (C=O) groups excluding carboxylic acids is 4. The molecule has 2 aromatic carbocycles. The summed E-state index contributed by atoms with van der Waals surface area (Å²) < 4.78 is 5.84. The molecule has 0 radical (unpaired) electrons. The van der Waals surface area contributed by atoms with Crippen molar-refractivity contribution in [2.45, 2.75) is 98.2 Å². The van der Waals surface area contributed by atoms with Crippen LogP contribution in [0.25, 0.3) is 11.3 Å². The second kappa shape index (κ2) is 59.5. The lowest BCUT2D eigenvalue weighted by Crippen LogP contribution is -2.53. The van der Waals surface area contributed by atoms with Crippen molar-refractivity contribution in [2.75, 3.05) is 6.54 Å². The van der Waals surface area contributed by atoms with E-state index in [0.717, 1.165) is 16.7 Å². The lowest BCUT2D eigenvalue weighted by atomic mass is 9.84. The molecule has 0 bridgehead atoms. The maximum absolute atomic E-state index is 14.0. The molecule has 0 aliphatic heterocycles. The summed E-state index contributed by atoms with van der Waals surface area (Å²) in [6.07, 6.45) is 6.12. The van der Waals surface area contributed by atoms with Gasteiger partial charge < -0.3 is 36.9 Å². The van der Waals surface area contributed by atoms with E-state index in [1.807, 2.05) is 65.0 Å². The Labute approximate surface area is 649 Å². The zero-order valence-electron chi connectivity index (χ0n) is 57.5. The standard InChI is InChI=1S/C40H54N6O7.C39H4.H3N7O7.24H2/c1-6-26(5)29(36(48)46-32(39(51)52)22-27-13-8-7-9-14-27)23-33(47)31(20-24(2)3)45-37(49)30(16-11-19-43-40(41)42)44-38(50)35-18-17-34(53-35)28-15-10-12-25(4)21-28;1-3-5-7-9-11-13-15-17-19-21-23-25-27-29-31-33-35-37-39-38-36-34-32-30-28-26-24-22-20-18-16-14-12-10-8-6-4-2;1-2-3-4-5-6-7(10-12-8)11-14-13-9;;;;;;;;;;;;;;;;;;;;;;;;/h7-10,12-15,17-18,21,24,26,29-32H,6,11,16,19-20,22-23H2,1-5H3,(H,44,50)(H,45,49)(H,46,48)(H,51,52)(H4,41,42,43);1H,2H3;1,8-9H;24*1H/b;;2-1?,4-3+,6-5+;;;;;;;;;;;;;;;;;;;;;;;;/t26-,29-,30-,31-,32-;;;;;;;;;;;;;;;;;;;;;;;;;;/m0........................../s1. The summed E-state index contributed by atoms with van der Waals surface area (Å²) in [4.78, 5) is 78.3. The summed E-state index contributed by atoms with van der Waals surface area (Å²) in [7, 11) is 0. The quantitative estimate of drug-likeness (QED) is 0.00593. The predicted octanol–water partition coefficient (Wildman–Crippen LogP) is 11.5. The van der Waals surface area contributed by atoms with Gasteiger partial charge in [-0.15, -0.1) is 6.42 Å². The highest BCUT2D eigenvalue weighted by molar-refractivity contribution is 5.98. The van der Waals surface area contributed by atoms with Crippen molar-refractivity contribution < 1.29 is 103 Å². The van der Waals surface area contributed by atoms with Gasteiger partial charge in [0.25, 0.3) is 5.91 Å². The number of rotatable bonds is 29. The van der Waals surface area contributed by atoms with E-state index in [2.05, 4.69) is 291 Å². The first-order valence-corrected chi connectivity index (χ1v) is 30.4. The zero-order chi connectivity index (χ0) is 77.9. The van der Waals surface area contributed by atoms with Gasteiger partial charge in [0, 0.05) is 194 Å². The summed E-state index contributed by atoms with van der Waals surface area (Å²) >= 11 is 0. The van der Waals surface area contributed by atoms with Crippen molar-refractivity contribution in [3.8, 4) is 237 Å². The van der Waals surface area contributed by atoms with Gasteiger partial charge in [0.05, 0.1) is 11.4 Å². The van der Waals surface area contributed by atoms with Gasteiger partial charge in [-0.2, -0.15) is 5.53 Å². The molecule has 0 aliphatic rings. The summed E-state index contributed by atoms with van der Waals surface area (Å²) in [6.45, 7) is 11.4. The molecule has 5 atom stereocenters. The van der Waals surface area contributed by atoms with E-state index in [0.29, 0.717) is 18.6 Å². The van der Waals surface area contributed by atoms with Crippen LogP contribution in [0.1, 0.15) is 123 Å². The Morgan fingerprint density at radius 1 is 0.613 bits per heavy atom. The third-order valence-corrected chi connectivity index (χ3v) is 11.9. The van der Waals surface area contributed by atoms with Gasteiger partial charge in [0.2, 0.25) is 11.8 Å². The van der Waals surface area contributed by atoms with Gasteiger partial charge in [-0.05, 0) is 204 Å². The van der Waals surface area contributed by atoms with Crippen molar-refractivity contribution in [2.24, 2.45) is 60.3 Å². The fourth-order valence-electron chi connectivity index (χ4n) is 7.28. The number of carbonyl (C=O) groups is 5. The maximum atomic E-state index is 14.0. The van der Waals surface area contributed by atoms with Crippen LogP contribution in [0.4, 0.5) is 0 Å². The number of aryl methyl sites for hydroxylation is 1. The van der Waals surface area contributed by atoms with Crippen LogP contribution in [0, 0.1) is 256 Å². The fraction of sp³-hybridized carbons (Fsp3) is 0.241. The molecule has 1 aromatic heterocycles. The van der Waals surface area contributed by atoms with Crippen molar-refractivity contribution in [3.63, 3.8) is 0 Å². The Morgan fingerprint density at radius 2 is 1.11 bits per heavy atom. The number of hydrogen-bond donors (Lipinski definition) is 9. The molecule has 1 heterocycles. The van der Waals surface area contributed by atoms with Crippen LogP contribution in [-0.4, -0.2) is 81.1 Å². The number of guanidine groups is 1. The number of carboxylic acids is 1. The molecular weight excluding hydrogens is 1350 g/mol. The summed E-state index contributed by atoms with van der Waals surface area (Å²) in [5, 5.41) is 56.2. The summed E-state index contributed by atoms with van der Waals surface area (Å²) in [5.74, 6) is 87.8. The van der Waals surface area contributed by atoms with E-state index in [4.69, 9.17) is 38.4 Å². The normalized spacial score (nSPS) is 9.89. The molecule has 0 unspecified atom stereocenters. The van der Waals surface area contributed by atoms with Crippen LogP contribution < -0.4 is 27.4 Å². The fourth-order valence-corrected chi connectivity index (χ4v) is 7.28. The molecule has 11 N–H and O–H groups in total. The van der Waals surface area contributed by atoms with Crippen LogP contribution in [0.2, 0.25) is 0 Å². The second-order valence-electron chi connectivity index (χ2n) is 19.8. The van der Waals surface area contributed by atoms with Crippen molar-refractivity contribution in [3.05, 3.63) is 83.6 Å². The number of terminal acetylenes is 1. The van der Waals surface area contributed by atoms with E-state index in [1.165, 1.54) is 6.07 Å². The topological polar surface area (TPSA) is 395 Å². The van der Waals surface area contributed by atoms with E-state index < -0.39 is 47.7 Å². The summed E-state index contributed by atoms with van der Waals surface area (Å²) in [6, 6.07) is 16.6. The Bertz CT molecular complexity index is 5060. The number of amides is 3. The van der Waals surface area contributed by atoms with Gasteiger partial charge in [-0.25, -0.2) is 15.3 Å². The van der Waals surface area contributed by atoms with Gasteiger partial charge >= 0.3 is 5.97 Å². The number of hydrogen-bond acceptors (Lipinski definition) is 16. The SMILES string of the molecule is C#CC#CC#CC#CC#CC#CC#CC#CC#CC#CC#CC#CC#CC#CC#CC#CC#CC#CC#CC.CC[C@H](C)[C@H](CC(=O)[C@H](CC(C)C)NC(=O)[C@H](CCCN=C(N)N)NC(=O)c1ccc(-c2cccc(C)c2)o1)C(=O)N[C@@H](Cc1ccccc1)C(=O)O.N=N/N=N/N=N/N(OOO)OOOO.[HH].[HH].[HH].[HH].[HH].[HH].[HH].[HH].[HH].[HH].[HH].[HH].[HH].[HH].[HH].[HH].[HH].[HH].[HH].[HH].[HH].[HH].[HH].[HH]. The average molecular weight is 1460 g/mol. The van der Waals surface area contributed by atoms with Crippen molar-refractivity contribution in [1.82, 2.24) is 21.3 Å². The average Bonchev–Trinajstić information content (AvgIpc) is 1.61. The highest BCUT2D eigenvalue weighted by atomic mass is 17.7. The van der Waals surface area contributed by atoms with E-state index >= 15 is 0 Å². The molecule has 3 rings (SSSR count). The van der Waals surface area contributed by atoms with E-state index in [1.54, 1.807) is 37.3 Å². The molecule has 27 heteroatoms. The van der Waals surface area contributed by atoms with E-state index in [-0.39, 0.29) is 101 Å². The Hall–Kier alpha value is -15.5. The van der Waals surface area contributed by atoms with Gasteiger partial charge in [0.15, 0.2) is 17.5 Å². The predicted molar refractivity (Wildman–Crippen MR) is 436 cm³/mol. The molecule has 0 aliphatic carbocycles. The monoisotopic (exact) mass is 1460 g/mol. The van der Waals surface area contributed by atoms with Crippen LogP contribution in [0.5, 0.6) is 0 Å². The highest BCUT2D eigenvalue weighted by Gasteiger charge is 2.34. The first-order valence-electron chi connectivity index (χ1n) is 30.4. The van der Waals surface area contributed by atoms with Crippen molar-refractivity contribution >= 4 is 35.4 Å². The van der Waals surface area contributed by atoms with Gasteiger partial charge in [0.1, 0.15) is 17.8 Å². The molecule has 106 heavy (non-hydrogen) atoms. The van der Waals surface area contributed by atoms with Gasteiger partial charge in [-0.1, -0.05) is 94.1 Å².